The van der Waals surface area contributed by atoms with Gasteiger partial charge in [-0.05, 0) is 36.8 Å². The highest BCUT2D eigenvalue weighted by atomic mass is 16.1. The van der Waals surface area contributed by atoms with E-state index in [1.165, 1.54) is 18.4 Å². The summed E-state index contributed by atoms with van der Waals surface area (Å²) in [5, 5.41) is 0. The second-order valence-electron chi connectivity index (χ2n) is 6.36. The fourth-order valence-corrected chi connectivity index (χ4v) is 3.78. The molecule has 3 rings (SSSR count). The zero-order valence-corrected chi connectivity index (χ0v) is 11.7. The smallest absolute Gasteiger partial charge is 0.134 e. The van der Waals surface area contributed by atoms with E-state index in [-0.39, 0.29) is 0 Å². The Hall–Kier alpha value is -1.15. The zero-order chi connectivity index (χ0) is 13.2. The maximum Gasteiger partial charge on any atom is 0.134 e. The summed E-state index contributed by atoms with van der Waals surface area (Å²) >= 11 is 0. The molecule has 1 heterocycles. The molecule has 0 spiro atoms. The van der Waals surface area contributed by atoms with E-state index in [4.69, 9.17) is 0 Å². The van der Waals surface area contributed by atoms with Crippen molar-refractivity contribution in [1.29, 1.82) is 0 Å². The molecule has 2 nitrogen and oxygen atoms in total. The Bertz CT molecular complexity index is 442. The van der Waals surface area contributed by atoms with Gasteiger partial charge in [-0.2, -0.15) is 0 Å². The minimum atomic E-state index is 0.474. The van der Waals surface area contributed by atoms with Gasteiger partial charge in [0.1, 0.15) is 5.78 Å². The van der Waals surface area contributed by atoms with Gasteiger partial charge in [0.2, 0.25) is 0 Å². The van der Waals surface area contributed by atoms with Crippen LogP contribution in [0.15, 0.2) is 30.3 Å². The van der Waals surface area contributed by atoms with E-state index in [1.807, 2.05) is 0 Å². The average molecular weight is 257 g/mol. The summed E-state index contributed by atoms with van der Waals surface area (Å²) in [7, 11) is 0. The van der Waals surface area contributed by atoms with Crippen LogP contribution in [0.25, 0.3) is 0 Å². The average Bonchev–Trinajstić information content (AvgIpc) is 2.70. The Morgan fingerprint density at radius 3 is 2.79 bits per heavy atom. The third-order valence-corrected chi connectivity index (χ3v) is 4.78. The number of rotatable bonds is 2. The van der Waals surface area contributed by atoms with Crippen molar-refractivity contribution >= 4 is 5.78 Å². The van der Waals surface area contributed by atoms with Crippen LogP contribution >= 0.6 is 0 Å². The molecule has 1 aromatic rings. The first-order valence-corrected chi connectivity index (χ1v) is 7.52. The molecule has 1 aromatic carbocycles. The highest BCUT2D eigenvalue weighted by Gasteiger charge is 2.39. The van der Waals surface area contributed by atoms with Gasteiger partial charge in [0, 0.05) is 25.4 Å². The number of nitrogens with zero attached hydrogens (tertiary/aromatic N) is 1. The molecule has 0 amide bonds. The molecule has 0 radical (unpaired) electrons. The first kappa shape index (κ1) is 12.9. The first-order valence-electron chi connectivity index (χ1n) is 7.52. The number of carbonyl (C=O) groups excluding carboxylic acids is 1. The monoisotopic (exact) mass is 257 g/mol. The Labute approximate surface area is 115 Å². The second kappa shape index (κ2) is 5.46. The maximum absolute atomic E-state index is 11.8. The van der Waals surface area contributed by atoms with Crippen LogP contribution in [-0.4, -0.2) is 23.3 Å². The zero-order valence-electron chi connectivity index (χ0n) is 11.7. The summed E-state index contributed by atoms with van der Waals surface area (Å²) in [6.07, 6.45) is 4.11. The Balaban J connectivity index is 1.77. The third-order valence-electron chi connectivity index (χ3n) is 4.78. The number of hydrogen-bond donors (Lipinski definition) is 0. The molecule has 19 heavy (non-hydrogen) atoms. The molecule has 2 fully saturated rings. The maximum atomic E-state index is 11.8. The summed E-state index contributed by atoms with van der Waals surface area (Å²) in [5.41, 5.74) is 1.37. The molecule has 3 unspecified atom stereocenters. The molecule has 1 saturated heterocycles. The lowest BCUT2D eigenvalue weighted by atomic mass is 9.92. The molecule has 1 saturated carbocycles. The molecule has 3 atom stereocenters. The van der Waals surface area contributed by atoms with Crippen LogP contribution in [0.4, 0.5) is 0 Å². The molecule has 102 valence electrons. The van der Waals surface area contributed by atoms with E-state index >= 15 is 0 Å². The molecule has 1 aliphatic heterocycles. The number of likely N-dealkylation sites (tertiary alicyclic amines) is 1. The van der Waals surface area contributed by atoms with E-state index in [1.54, 1.807) is 0 Å². The van der Waals surface area contributed by atoms with E-state index in [0.29, 0.717) is 17.7 Å². The van der Waals surface area contributed by atoms with Crippen molar-refractivity contribution in [2.75, 3.05) is 6.54 Å². The van der Waals surface area contributed by atoms with Crippen molar-refractivity contribution < 1.29 is 4.79 Å². The quantitative estimate of drug-likeness (QED) is 0.810. The summed E-state index contributed by atoms with van der Waals surface area (Å²) in [6.45, 7) is 4.48. The molecule has 1 aliphatic carbocycles. The predicted octanol–water partition coefficient (Wildman–Crippen LogP) is 3.27. The summed E-state index contributed by atoms with van der Waals surface area (Å²) < 4.78 is 0. The molecule has 0 N–H and O–H groups in total. The Kier molecular flexibility index (Phi) is 3.69. The highest BCUT2D eigenvalue weighted by Crippen LogP contribution is 2.36. The van der Waals surface area contributed by atoms with Gasteiger partial charge in [0.05, 0.1) is 0 Å². The summed E-state index contributed by atoms with van der Waals surface area (Å²) in [5.74, 6) is 1.84. The topological polar surface area (TPSA) is 20.3 Å². The number of Topliss-reactive ketones (excluding diaryl/α,β-unsaturated/α-hetero) is 1. The second-order valence-corrected chi connectivity index (χ2v) is 6.36. The fraction of sp³-hybridized carbons (Fsp3) is 0.588. The van der Waals surface area contributed by atoms with Crippen LogP contribution in [0.5, 0.6) is 0 Å². The van der Waals surface area contributed by atoms with Gasteiger partial charge in [0.15, 0.2) is 0 Å². The van der Waals surface area contributed by atoms with Gasteiger partial charge in [-0.1, -0.05) is 37.3 Å². The van der Waals surface area contributed by atoms with Crippen LogP contribution in [0.2, 0.25) is 0 Å². The SMILES string of the molecule is CC1CCN(Cc2ccccc2)C2CC(=O)CC2C1. The Morgan fingerprint density at radius 1 is 1.21 bits per heavy atom. The molecular weight excluding hydrogens is 234 g/mol. The van der Waals surface area contributed by atoms with Crippen molar-refractivity contribution in [1.82, 2.24) is 4.90 Å². The third kappa shape index (κ3) is 2.89. The number of ketones is 1. The summed E-state index contributed by atoms with van der Waals surface area (Å²) in [6, 6.07) is 11.2. The van der Waals surface area contributed by atoms with Crippen molar-refractivity contribution in [3.8, 4) is 0 Å². The minimum absolute atomic E-state index is 0.474. The normalized spacial score (nSPS) is 32.1. The fourth-order valence-electron chi connectivity index (χ4n) is 3.78. The number of fused-ring (bicyclic) bond motifs is 1. The van der Waals surface area contributed by atoms with Crippen LogP contribution in [-0.2, 0) is 11.3 Å². The summed E-state index contributed by atoms with van der Waals surface area (Å²) in [4.78, 5) is 14.4. The van der Waals surface area contributed by atoms with Crippen molar-refractivity contribution in [2.24, 2.45) is 11.8 Å². The standard InChI is InChI=1S/C17H23NO/c1-13-7-8-18(12-14-5-3-2-4-6-14)17-11-16(19)10-15(17)9-13/h2-6,13,15,17H,7-12H2,1H3. The largest absolute Gasteiger partial charge is 0.300 e. The number of benzene rings is 1. The number of carbonyl (C=O) groups is 1. The lowest BCUT2D eigenvalue weighted by Crippen LogP contribution is -2.36. The molecule has 2 aliphatic rings. The van der Waals surface area contributed by atoms with Crippen LogP contribution in [0.1, 0.15) is 38.2 Å². The van der Waals surface area contributed by atoms with Gasteiger partial charge in [0.25, 0.3) is 0 Å². The number of hydrogen-bond acceptors (Lipinski definition) is 2. The van der Waals surface area contributed by atoms with Crippen LogP contribution in [0, 0.1) is 11.8 Å². The van der Waals surface area contributed by atoms with Gasteiger partial charge >= 0.3 is 0 Å². The van der Waals surface area contributed by atoms with Crippen LogP contribution in [0.3, 0.4) is 0 Å². The van der Waals surface area contributed by atoms with Crippen LogP contribution < -0.4 is 0 Å². The van der Waals surface area contributed by atoms with Gasteiger partial charge in [-0.3, -0.25) is 9.69 Å². The van der Waals surface area contributed by atoms with E-state index in [0.717, 1.165) is 31.8 Å². The van der Waals surface area contributed by atoms with Gasteiger partial charge < -0.3 is 0 Å². The van der Waals surface area contributed by atoms with E-state index < -0.39 is 0 Å². The lowest BCUT2D eigenvalue weighted by molar-refractivity contribution is -0.117. The predicted molar refractivity (Wildman–Crippen MR) is 76.8 cm³/mol. The molecule has 0 bridgehead atoms. The lowest BCUT2D eigenvalue weighted by Gasteiger charge is -2.30. The van der Waals surface area contributed by atoms with Crippen molar-refractivity contribution in [3.05, 3.63) is 35.9 Å². The minimum Gasteiger partial charge on any atom is -0.300 e. The van der Waals surface area contributed by atoms with Crippen molar-refractivity contribution in [2.45, 2.75) is 45.2 Å². The van der Waals surface area contributed by atoms with Gasteiger partial charge in [-0.15, -0.1) is 0 Å². The van der Waals surface area contributed by atoms with E-state index in [9.17, 15) is 4.79 Å². The van der Waals surface area contributed by atoms with Gasteiger partial charge in [-0.25, -0.2) is 0 Å². The molecular formula is C17H23NO. The molecule has 0 aromatic heterocycles. The van der Waals surface area contributed by atoms with Crippen molar-refractivity contribution in [3.63, 3.8) is 0 Å². The first-order chi connectivity index (χ1) is 9.22. The Morgan fingerprint density at radius 2 is 2.00 bits per heavy atom. The van der Waals surface area contributed by atoms with E-state index in [2.05, 4.69) is 42.2 Å². The molecule has 2 heteroatoms. The highest BCUT2D eigenvalue weighted by molar-refractivity contribution is 5.81.